The van der Waals surface area contributed by atoms with Gasteiger partial charge >= 0.3 is 0 Å². The molecule has 0 aliphatic heterocycles. The molecule has 1 saturated carbocycles. The Bertz CT molecular complexity index is 1030. The zero-order chi connectivity index (χ0) is 21.1. The maximum absolute atomic E-state index is 11.9. The summed E-state index contributed by atoms with van der Waals surface area (Å²) in [4.78, 5) is 26.0. The summed E-state index contributed by atoms with van der Waals surface area (Å²) in [7, 11) is 0. The lowest BCUT2D eigenvalue weighted by Gasteiger charge is -2.29. The minimum atomic E-state index is -0.588. The number of carbonyl (C=O) groups is 1. The summed E-state index contributed by atoms with van der Waals surface area (Å²) in [5, 5.41) is 7.53. The Hall–Kier alpha value is -3.04. The van der Waals surface area contributed by atoms with Crippen LogP contribution in [0.15, 0.2) is 36.7 Å². The molecule has 0 radical (unpaired) electrons. The van der Waals surface area contributed by atoms with E-state index in [0.29, 0.717) is 11.8 Å². The Morgan fingerprint density at radius 2 is 1.90 bits per heavy atom. The van der Waals surface area contributed by atoms with E-state index < -0.39 is 5.91 Å². The van der Waals surface area contributed by atoms with Crippen LogP contribution in [0.5, 0.6) is 0 Å². The lowest BCUT2D eigenvalue weighted by Crippen LogP contribution is -2.43. The lowest BCUT2D eigenvalue weighted by molar-refractivity contribution is 0.100. The number of hydrogen-bond acceptors (Lipinski definition) is 8. The maximum Gasteiger partial charge on any atom is 0.254 e. The van der Waals surface area contributed by atoms with Gasteiger partial charge in [-0.25, -0.2) is 9.97 Å². The molecule has 2 aromatic heterocycles. The third-order valence-corrected chi connectivity index (χ3v) is 6.20. The molecule has 4 rings (SSSR count). The smallest absolute Gasteiger partial charge is 0.254 e. The first-order valence-electron chi connectivity index (χ1n) is 9.98. The summed E-state index contributed by atoms with van der Waals surface area (Å²) in [5.74, 6) is 0.211. The molecule has 9 heteroatoms. The van der Waals surface area contributed by atoms with E-state index >= 15 is 0 Å². The van der Waals surface area contributed by atoms with Crippen LogP contribution in [0.2, 0.25) is 0 Å². The van der Waals surface area contributed by atoms with Gasteiger partial charge in [0.05, 0.1) is 9.88 Å². The van der Waals surface area contributed by atoms with Gasteiger partial charge in [-0.3, -0.25) is 4.79 Å². The number of rotatable bonds is 6. The van der Waals surface area contributed by atoms with E-state index in [0.717, 1.165) is 46.8 Å². The molecule has 0 spiro atoms. The third-order valence-electron chi connectivity index (χ3n) is 5.24. The number of hydrogen-bond donors (Lipinski definition) is 4. The molecule has 0 bridgehead atoms. The normalized spacial score (nSPS) is 18.7. The summed E-state index contributed by atoms with van der Waals surface area (Å²) in [6, 6.07) is 8.05. The van der Waals surface area contributed by atoms with E-state index in [-0.39, 0.29) is 17.6 Å². The van der Waals surface area contributed by atoms with Gasteiger partial charge in [0.25, 0.3) is 5.91 Å². The SMILES string of the molecule is Cc1ncc(-c2ccc(Nc3nc(N[C@@H]4CCCC[C@@H]4N)ncc3C(N)=O)cc2)s1. The van der Waals surface area contributed by atoms with Gasteiger partial charge in [0.1, 0.15) is 11.4 Å². The second kappa shape index (κ2) is 8.76. The van der Waals surface area contributed by atoms with E-state index in [9.17, 15) is 4.79 Å². The van der Waals surface area contributed by atoms with Gasteiger partial charge in [0, 0.05) is 30.2 Å². The van der Waals surface area contributed by atoms with Gasteiger partial charge in [-0.05, 0) is 37.5 Å². The zero-order valence-corrected chi connectivity index (χ0v) is 17.6. The largest absolute Gasteiger partial charge is 0.365 e. The number of amides is 1. The molecule has 2 heterocycles. The number of aryl methyl sites for hydroxylation is 1. The molecule has 30 heavy (non-hydrogen) atoms. The van der Waals surface area contributed by atoms with Crippen molar-refractivity contribution in [2.24, 2.45) is 11.5 Å². The Morgan fingerprint density at radius 3 is 2.57 bits per heavy atom. The van der Waals surface area contributed by atoms with Crippen LogP contribution in [0, 0.1) is 6.92 Å². The number of thiazole rings is 1. The minimum absolute atomic E-state index is 0.0671. The second-order valence-electron chi connectivity index (χ2n) is 7.47. The van der Waals surface area contributed by atoms with E-state index in [1.54, 1.807) is 11.3 Å². The van der Waals surface area contributed by atoms with Gasteiger partial charge in [-0.1, -0.05) is 25.0 Å². The number of anilines is 3. The monoisotopic (exact) mass is 423 g/mol. The molecule has 0 saturated heterocycles. The van der Waals surface area contributed by atoms with Crippen LogP contribution in [-0.4, -0.2) is 32.9 Å². The number of nitrogens with one attached hydrogen (secondary N) is 2. The number of aromatic nitrogens is 3. The predicted molar refractivity (Wildman–Crippen MR) is 120 cm³/mol. The average Bonchev–Trinajstić information content (AvgIpc) is 3.17. The fourth-order valence-electron chi connectivity index (χ4n) is 3.58. The average molecular weight is 424 g/mol. The predicted octanol–water partition coefficient (Wildman–Crippen LogP) is 3.43. The highest BCUT2D eigenvalue weighted by molar-refractivity contribution is 7.15. The molecule has 2 atom stereocenters. The van der Waals surface area contributed by atoms with Gasteiger partial charge in [0.15, 0.2) is 0 Å². The first-order chi connectivity index (χ1) is 14.5. The lowest BCUT2D eigenvalue weighted by atomic mass is 9.91. The first kappa shape index (κ1) is 20.2. The van der Waals surface area contributed by atoms with Crippen molar-refractivity contribution in [1.29, 1.82) is 0 Å². The Balaban J connectivity index is 1.55. The van der Waals surface area contributed by atoms with Gasteiger partial charge < -0.3 is 22.1 Å². The number of nitrogens with zero attached hydrogens (tertiary/aromatic N) is 3. The van der Waals surface area contributed by atoms with Crippen molar-refractivity contribution in [2.45, 2.75) is 44.7 Å². The van der Waals surface area contributed by atoms with Crippen molar-refractivity contribution in [3.05, 3.63) is 47.2 Å². The van der Waals surface area contributed by atoms with E-state index in [4.69, 9.17) is 11.5 Å². The second-order valence-corrected chi connectivity index (χ2v) is 8.70. The molecule has 1 aliphatic carbocycles. The summed E-state index contributed by atoms with van der Waals surface area (Å²) in [5.41, 5.74) is 13.8. The number of nitrogens with two attached hydrogens (primary N) is 2. The molecule has 8 nitrogen and oxygen atoms in total. The molecule has 1 amide bonds. The van der Waals surface area contributed by atoms with Gasteiger partial charge in [-0.15, -0.1) is 11.3 Å². The van der Waals surface area contributed by atoms with Crippen molar-refractivity contribution < 1.29 is 4.79 Å². The van der Waals surface area contributed by atoms with Crippen molar-refractivity contribution in [3.63, 3.8) is 0 Å². The Labute approximate surface area is 179 Å². The summed E-state index contributed by atoms with van der Waals surface area (Å²) in [6.45, 7) is 1.98. The summed E-state index contributed by atoms with van der Waals surface area (Å²) in [6.07, 6.45) is 7.54. The molecular weight excluding hydrogens is 398 g/mol. The van der Waals surface area contributed by atoms with Gasteiger partial charge in [-0.2, -0.15) is 4.98 Å². The molecule has 0 unspecified atom stereocenters. The molecule has 1 aromatic carbocycles. The molecule has 1 aliphatic rings. The maximum atomic E-state index is 11.9. The van der Waals surface area contributed by atoms with Crippen LogP contribution >= 0.6 is 11.3 Å². The molecule has 156 valence electrons. The number of primary amides is 1. The summed E-state index contributed by atoms with van der Waals surface area (Å²) >= 11 is 1.64. The molecule has 1 fully saturated rings. The highest BCUT2D eigenvalue weighted by Gasteiger charge is 2.23. The molecule has 6 N–H and O–H groups in total. The van der Waals surface area contributed by atoms with E-state index in [1.807, 2.05) is 37.4 Å². The van der Waals surface area contributed by atoms with Crippen LogP contribution in [0.4, 0.5) is 17.5 Å². The van der Waals surface area contributed by atoms with Crippen LogP contribution < -0.4 is 22.1 Å². The molecule has 3 aromatic rings. The van der Waals surface area contributed by atoms with Crippen LogP contribution in [0.25, 0.3) is 10.4 Å². The van der Waals surface area contributed by atoms with Gasteiger partial charge in [0.2, 0.25) is 5.95 Å². The van der Waals surface area contributed by atoms with E-state index in [1.165, 1.54) is 6.20 Å². The van der Waals surface area contributed by atoms with Crippen LogP contribution in [0.3, 0.4) is 0 Å². The zero-order valence-electron chi connectivity index (χ0n) is 16.8. The van der Waals surface area contributed by atoms with Crippen molar-refractivity contribution >= 4 is 34.7 Å². The fourth-order valence-corrected chi connectivity index (χ4v) is 4.36. The van der Waals surface area contributed by atoms with Crippen LogP contribution in [-0.2, 0) is 0 Å². The van der Waals surface area contributed by atoms with Crippen molar-refractivity contribution in [2.75, 3.05) is 10.6 Å². The highest BCUT2D eigenvalue weighted by Crippen LogP contribution is 2.28. The van der Waals surface area contributed by atoms with Crippen LogP contribution in [0.1, 0.15) is 41.0 Å². The van der Waals surface area contributed by atoms with E-state index in [2.05, 4.69) is 25.6 Å². The number of carbonyl (C=O) groups excluding carboxylic acids is 1. The van der Waals surface area contributed by atoms with Crippen molar-refractivity contribution in [1.82, 2.24) is 15.0 Å². The Kier molecular flexibility index (Phi) is 5.91. The van der Waals surface area contributed by atoms with Crippen molar-refractivity contribution in [3.8, 4) is 10.4 Å². The molecular formula is C21H25N7OS. The number of benzene rings is 1. The minimum Gasteiger partial charge on any atom is -0.365 e. The summed E-state index contributed by atoms with van der Waals surface area (Å²) < 4.78 is 0. The highest BCUT2D eigenvalue weighted by atomic mass is 32.1. The topological polar surface area (TPSA) is 132 Å². The Morgan fingerprint density at radius 1 is 1.13 bits per heavy atom. The third kappa shape index (κ3) is 4.58. The standard InChI is InChI=1S/C21H25N7OS/c1-12-24-11-18(30-12)13-6-8-14(9-7-13)26-20-15(19(23)29)10-25-21(28-20)27-17-5-3-2-4-16(17)22/h6-11,16-17H,2-5,22H2,1H3,(H2,23,29)(H2,25,26,27,28)/t16-,17+/m0/s1. The first-order valence-corrected chi connectivity index (χ1v) is 10.8. The quantitative estimate of drug-likeness (QED) is 0.477. The fraction of sp³-hybridized carbons (Fsp3) is 0.333.